The molecular formula is C17H11ClF3NO4. The number of methoxy groups -OCH3 is 1. The van der Waals surface area contributed by atoms with Gasteiger partial charge in [-0.15, -0.1) is 0 Å². The number of nitrogens with zero attached hydrogens (tertiary/aromatic N) is 1. The SMILES string of the molecule is COC(=O)Cc1noc2ccc(Oc3ccc(C(F)(F)F)cc3Cl)cc12. The summed E-state index contributed by atoms with van der Waals surface area (Å²) in [5, 5.41) is 4.15. The van der Waals surface area contributed by atoms with Gasteiger partial charge in [0.25, 0.3) is 0 Å². The minimum Gasteiger partial charge on any atom is -0.469 e. The van der Waals surface area contributed by atoms with E-state index in [9.17, 15) is 18.0 Å². The largest absolute Gasteiger partial charge is 0.469 e. The summed E-state index contributed by atoms with van der Waals surface area (Å²) in [5.74, 6) is -0.129. The van der Waals surface area contributed by atoms with Crippen LogP contribution < -0.4 is 4.74 Å². The van der Waals surface area contributed by atoms with Crippen LogP contribution in [0.1, 0.15) is 11.3 Å². The number of ether oxygens (including phenoxy) is 2. The highest BCUT2D eigenvalue weighted by Gasteiger charge is 2.31. The summed E-state index contributed by atoms with van der Waals surface area (Å²) in [6.45, 7) is 0. The minimum absolute atomic E-state index is 0.0602. The topological polar surface area (TPSA) is 61.6 Å². The molecule has 0 bridgehead atoms. The van der Waals surface area contributed by atoms with Gasteiger partial charge in [-0.1, -0.05) is 16.8 Å². The quantitative estimate of drug-likeness (QED) is 0.591. The number of carbonyl (C=O) groups excluding carboxylic acids is 1. The van der Waals surface area contributed by atoms with Crippen molar-refractivity contribution in [3.8, 4) is 11.5 Å². The molecule has 0 aliphatic rings. The number of halogens is 4. The number of fused-ring (bicyclic) bond motifs is 1. The van der Waals surface area contributed by atoms with Gasteiger partial charge in [-0.05, 0) is 36.4 Å². The van der Waals surface area contributed by atoms with Gasteiger partial charge in [-0.3, -0.25) is 4.79 Å². The molecule has 26 heavy (non-hydrogen) atoms. The minimum atomic E-state index is -4.49. The lowest BCUT2D eigenvalue weighted by Crippen LogP contribution is -2.05. The third kappa shape index (κ3) is 3.75. The Balaban J connectivity index is 1.89. The standard InChI is InChI=1S/C17H11ClF3NO4/c1-24-16(23)8-13-11-7-10(3-5-14(11)26-22-13)25-15-4-2-9(6-12(15)18)17(19,20)21/h2-7H,8H2,1H3. The normalized spacial score (nSPS) is 11.6. The molecule has 3 rings (SSSR count). The van der Waals surface area contributed by atoms with Crippen LogP contribution in [0, 0.1) is 0 Å². The Morgan fingerprint density at radius 2 is 2.00 bits per heavy atom. The van der Waals surface area contributed by atoms with Gasteiger partial charge in [0.2, 0.25) is 0 Å². The molecule has 1 heterocycles. The van der Waals surface area contributed by atoms with Crippen molar-refractivity contribution in [3.05, 3.63) is 52.7 Å². The molecule has 9 heteroatoms. The molecule has 0 unspecified atom stereocenters. The van der Waals surface area contributed by atoms with Crippen LogP contribution >= 0.6 is 11.6 Å². The Bertz CT molecular complexity index is 968. The number of carbonyl (C=O) groups is 1. The summed E-state index contributed by atoms with van der Waals surface area (Å²) in [5.41, 5.74) is -0.0877. The third-order valence-corrected chi connectivity index (χ3v) is 3.84. The molecule has 0 N–H and O–H groups in total. The molecule has 0 radical (unpaired) electrons. The van der Waals surface area contributed by atoms with E-state index in [-0.39, 0.29) is 17.2 Å². The number of benzene rings is 2. The van der Waals surface area contributed by atoms with Crippen LogP contribution in [0.25, 0.3) is 11.0 Å². The van der Waals surface area contributed by atoms with Crippen molar-refractivity contribution < 1.29 is 32.0 Å². The molecule has 2 aromatic carbocycles. The van der Waals surface area contributed by atoms with Crippen molar-refractivity contribution in [1.29, 1.82) is 0 Å². The highest BCUT2D eigenvalue weighted by molar-refractivity contribution is 6.32. The lowest BCUT2D eigenvalue weighted by molar-refractivity contribution is -0.140. The first-order valence-electron chi connectivity index (χ1n) is 7.27. The Hall–Kier alpha value is -2.74. The van der Waals surface area contributed by atoms with E-state index in [0.717, 1.165) is 18.2 Å². The van der Waals surface area contributed by atoms with Gasteiger partial charge in [0.1, 0.15) is 17.2 Å². The van der Waals surface area contributed by atoms with Crippen LogP contribution in [0.15, 0.2) is 40.9 Å². The number of alkyl halides is 3. The lowest BCUT2D eigenvalue weighted by atomic mass is 10.1. The average molecular weight is 386 g/mol. The van der Waals surface area contributed by atoms with Crippen LogP contribution in [-0.2, 0) is 22.1 Å². The second-order valence-corrected chi connectivity index (χ2v) is 5.69. The smallest absolute Gasteiger partial charge is 0.416 e. The zero-order valence-corrected chi connectivity index (χ0v) is 14.0. The zero-order chi connectivity index (χ0) is 18.9. The van der Waals surface area contributed by atoms with Crippen LogP contribution in [0.4, 0.5) is 13.2 Å². The fraction of sp³-hybridized carbons (Fsp3) is 0.176. The van der Waals surface area contributed by atoms with E-state index >= 15 is 0 Å². The zero-order valence-electron chi connectivity index (χ0n) is 13.3. The Labute approximate surface area is 150 Å². The monoisotopic (exact) mass is 385 g/mol. The summed E-state index contributed by atoms with van der Waals surface area (Å²) < 4.78 is 53.3. The predicted octanol–water partition coefficient (Wildman–Crippen LogP) is 5.01. The van der Waals surface area contributed by atoms with E-state index in [1.54, 1.807) is 18.2 Å². The third-order valence-electron chi connectivity index (χ3n) is 3.54. The maximum atomic E-state index is 12.7. The number of hydrogen-bond acceptors (Lipinski definition) is 5. The van der Waals surface area contributed by atoms with Crippen molar-refractivity contribution in [1.82, 2.24) is 5.16 Å². The number of aromatic nitrogens is 1. The maximum absolute atomic E-state index is 12.7. The first-order chi connectivity index (χ1) is 12.3. The van der Waals surface area contributed by atoms with Crippen LogP contribution in [0.2, 0.25) is 5.02 Å². The summed E-state index contributed by atoms with van der Waals surface area (Å²) in [4.78, 5) is 11.4. The van der Waals surface area contributed by atoms with Crippen LogP contribution in [-0.4, -0.2) is 18.2 Å². The van der Waals surface area contributed by atoms with Gasteiger partial charge in [0.05, 0.1) is 24.1 Å². The number of hydrogen-bond donors (Lipinski definition) is 0. The fourth-order valence-electron chi connectivity index (χ4n) is 2.25. The molecule has 0 aliphatic carbocycles. The summed E-state index contributed by atoms with van der Waals surface area (Å²) in [7, 11) is 1.26. The molecule has 0 saturated carbocycles. The maximum Gasteiger partial charge on any atom is 0.416 e. The number of rotatable bonds is 4. The average Bonchev–Trinajstić information content (AvgIpc) is 2.98. The molecule has 0 spiro atoms. The van der Waals surface area contributed by atoms with Gasteiger partial charge in [0, 0.05) is 5.39 Å². The molecule has 136 valence electrons. The molecule has 0 fully saturated rings. The Morgan fingerprint density at radius 3 is 2.65 bits per heavy atom. The van der Waals surface area contributed by atoms with E-state index in [2.05, 4.69) is 9.89 Å². The van der Waals surface area contributed by atoms with Gasteiger partial charge < -0.3 is 14.0 Å². The van der Waals surface area contributed by atoms with Crippen LogP contribution in [0.5, 0.6) is 11.5 Å². The van der Waals surface area contributed by atoms with Crippen molar-refractivity contribution >= 4 is 28.5 Å². The van der Waals surface area contributed by atoms with E-state index in [1.165, 1.54) is 7.11 Å². The summed E-state index contributed by atoms with van der Waals surface area (Å²) >= 11 is 5.88. The summed E-state index contributed by atoms with van der Waals surface area (Å²) in [6, 6.07) is 7.47. The highest BCUT2D eigenvalue weighted by atomic mass is 35.5. The Morgan fingerprint density at radius 1 is 1.23 bits per heavy atom. The van der Waals surface area contributed by atoms with E-state index in [4.69, 9.17) is 20.9 Å². The van der Waals surface area contributed by atoms with Gasteiger partial charge in [0.15, 0.2) is 5.58 Å². The molecule has 0 saturated heterocycles. The van der Waals surface area contributed by atoms with Crippen molar-refractivity contribution in [2.45, 2.75) is 12.6 Å². The molecule has 3 aromatic rings. The highest BCUT2D eigenvalue weighted by Crippen LogP contribution is 2.37. The van der Waals surface area contributed by atoms with Gasteiger partial charge in [-0.2, -0.15) is 13.2 Å². The second kappa shape index (κ2) is 6.87. The molecular weight excluding hydrogens is 375 g/mol. The second-order valence-electron chi connectivity index (χ2n) is 5.29. The van der Waals surface area contributed by atoms with E-state index < -0.39 is 17.7 Å². The molecule has 0 amide bonds. The molecule has 0 aliphatic heterocycles. The first kappa shape index (κ1) is 18.1. The predicted molar refractivity (Wildman–Crippen MR) is 86.3 cm³/mol. The van der Waals surface area contributed by atoms with Crippen molar-refractivity contribution in [2.75, 3.05) is 7.11 Å². The van der Waals surface area contributed by atoms with Gasteiger partial charge >= 0.3 is 12.1 Å². The van der Waals surface area contributed by atoms with E-state index in [1.807, 2.05) is 0 Å². The van der Waals surface area contributed by atoms with Crippen molar-refractivity contribution in [2.24, 2.45) is 0 Å². The van der Waals surface area contributed by atoms with E-state index in [0.29, 0.717) is 22.4 Å². The fourth-order valence-corrected chi connectivity index (χ4v) is 2.47. The Kier molecular flexibility index (Phi) is 4.78. The summed E-state index contributed by atoms with van der Waals surface area (Å²) in [6.07, 6.45) is -4.58. The molecule has 0 atom stereocenters. The molecule has 5 nitrogen and oxygen atoms in total. The molecule has 1 aromatic heterocycles. The van der Waals surface area contributed by atoms with Crippen LogP contribution in [0.3, 0.4) is 0 Å². The van der Waals surface area contributed by atoms with Crippen molar-refractivity contribution in [3.63, 3.8) is 0 Å². The lowest BCUT2D eigenvalue weighted by Gasteiger charge is -2.11. The van der Waals surface area contributed by atoms with Gasteiger partial charge in [-0.25, -0.2) is 0 Å². The first-order valence-corrected chi connectivity index (χ1v) is 7.65. The number of esters is 1.